The topological polar surface area (TPSA) is 267 Å². The minimum Gasteiger partial charge on any atom is -0.383 e. The zero-order chi connectivity index (χ0) is 32.3. The lowest BCUT2D eigenvalue weighted by Gasteiger charge is -2.23. The largest absolute Gasteiger partial charge is 0.469 e. The van der Waals surface area contributed by atoms with Gasteiger partial charge in [-0.3, -0.25) is 27.9 Å². The van der Waals surface area contributed by atoms with Gasteiger partial charge in [0, 0.05) is 19.0 Å². The molecule has 7 N–H and O–H groups in total. The average Bonchev–Trinajstić information content (AvgIpc) is 3.71. The van der Waals surface area contributed by atoms with Crippen LogP contribution in [0, 0.1) is 5.82 Å². The zero-order valence-corrected chi connectivity index (χ0v) is 25.3. The third kappa shape index (κ3) is 6.61. The molecule has 4 aromatic rings. The van der Waals surface area contributed by atoms with Crippen LogP contribution >= 0.6 is 26.9 Å². The van der Waals surface area contributed by atoms with Crippen LogP contribution in [0.5, 0.6) is 0 Å². The minimum atomic E-state index is -4.97. The van der Waals surface area contributed by atoms with Crippen LogP contribution < -0.4 is 17.0 Å². The summed E-state index contributed by atoms with van der Waals surface area (Å²) in [4.78, 5) is 48.5. The first-order valence-corrected chi connectivity index (χ1v) is 17.2. The molecule has 0 aliphatic carbocycles. The maximum atomic E-state index is 15.0. The molecule has 0 bridgehead atoms. The summed E-state index contributed by atoms with van der Waals surface area (Å²) >= 11 is 3.98. The van der Waals surface area contributed by atoms with Crippen LogP contribution in [0.15, 0.2) is 23.6 Å². The number of hydrogen-bond donors (Lipinski definition) is 6. The molecule has 2 saturated heterocycles. The number of nitrogens with one attached hydrogen (secondary N) is 1. The number of fused-ring (bicyclic) bond motifs is 2. The van der Waals surface area contributed by atoms with Gasteiger partial charge < -0.3 is 35.3 Å². The third-order valence-corrected chi connectivity index (χ3v) is 9.21. The molecular weight excluding hydrogens is 670 g/mol. The molecule has 19 nitrogen and oxygen atoms in total. The molecule has 2 fully saturated rings. The summed E-state index contributed by atoms with van der Waals surface area (Å²) in [7, 11) is -4.97. The number of nitrogens with zero attached hydrogens (tertiary/aromatic N) is 6. The third-order valence-electron chi connectivity index (χ3n) is 7.08. The summed E-state index contributed by atoms with van der Waals surface area (Å²) in [6, 6.07) is 0. The number of thiol groups is 1. The van der Waals surface area contributed by atoms with Gasteiger partial charge in [0.25, 0.3) is 5.56 Å². The highest BCUT2D eigenvalue weighted by Crippen LogP contribution is 2.57. The molecule has 4 aromatic heterocycles. The molecule has 0 amide bonds. The zero-order valence-electron chi connectivity index (χ0n) is 22.6. The van der Waals surface area contributed by atoms with Crippen molar-refractivity contribution in [3.05, 3.63) is 35.0 Å². The molecule has 45 heavy (non-hydrogen) atoms. The molecule has 0 radical (unpaired) electrons. The number of rotatable bonds is 10. The minimum absolute atomic E-state index is 0.0305. The Morgan fingerprint density at radius 3 is 2.53 bits per heavy atom. The molecule has 0 aromatic carbocycles. The van der Waals surface area contributed by atoms with Gasteiger partial charge in [-0.1, -0.05) is 12.2 Å². The molecular formula is C21H25F2N9O10P2S. The first-order chi connectivity index (χ1) is 21.2. The summed E-state index contributed by atoms with van der Waals surface area (Å²) < 4.78 is 83.8. The Morgan fingerprint density at radius 1 is 1.07 bits per heavy atom. The van der Waals surface area contributed by atoms with Crippen molar-refractivity contribution in [1.29, 1.82) is 0 Å². The van der Waals surface area contributed by atoms with E-state index >= 15 is 0 Å². The maximum Gasteiger partial charge on any atom is 0.469 e. The first-order valence-electron chi connectivity index (χ1n) is 13.0. The Bertz CT molecular complexity index is 1910. The van der Waals surface area contributed by atoms with Crippen LogP contribution in [-0.4, -0.2) is 81.5 Å². The number of H-pyrrole nitrogens is 1. The van der Waals surface area contributed by atoms with E-state index < -0.39 is 76.1 Å². The van der Waals surface area contributed by atoms with E-state index in [0.717, 1.165) is 12.5 Å². The number of halogens is 2. The van der Waals surface area contributed by atoms with E-state index in [9.17, 15) is 32.5 Å². The summed E-state index contributed by atoms with van der Waals surface area (Å²) in [5.41, 5.74) is 10.9. The Morgan fingerprint density at radius 2 is 1.78 bits per heavy atom. The van der Waals surface area contributed by atoms with E-state index in [1.165, 1.54) is 15.5 Å². The summed E-state index contributed by atoms with van der Waals surface area (Å²) in [5, 5.41) is -0.0814. The van der Waals surface area contributed by atoms with Crippen molar-refractivity contribution >= 4 is 60.8 Å². The normalized spacial score (nSPS) is 27.0. The van der Waals surface area contributed by atoms with E-state index in [4.69, 9.17) is 30.0 Å². The SMILES string of the molecule is Nc1nc2c(ncn2[C@H]2C[C@H](F)[C@@H](COP(=O)(S)OC3C[C@H](n4cc(F)c5c(N)ncnc54)O[C@@H]3COP(=O)(O)O)O2)c(=O)[nH]1. The Hall–Kier alpha value is -3.04. The van der Waals surface area contributed by atoms with Crippen molar-refractivity contribution in [2.24, 2.45) is 0 Å². The smallest absolute Gasteiger partial charge is 0.383 e. The van der Waals surface area contributed by atoms with Crippen molar-refractivity contribution < 1.29 is 50.7 Å². The van der Waals surface area contributed by atoms with Crippen LogP contribution in [0.3, 0.4) is 0 Å². The van der Waals surface area contributed by atoms with Crippen LogP contribution in [0.1, 0.15) is 25.3 Å². The fourth-order valence-corrected chi connectivity index (χ4v) is 6.98. The van der Waals surface area contributed by atoms with Gasteiger partial charge in [0.15, 0.2) is 22.6 Å². The van der Waals surface area contributed by atoms with E-state index in [0.29, 0.717) is 0 Å². The van der Waals surface area contributed by atoms with Crippen LogP contribution in [0.4, 0.5) is 20.5 Å². The highest BCUT2D eigenvalue weighted by Gasteiger charge is 2.44. The number of ether oxygens (including phenoxy) is 2. The number of alkyl halides is 1. The summed E-state index contributed by atoms with van der Waals surface area (Å²) in [5.74, 6) is -1.06. The van der Waals surface area contributed by atoms with Gasteiger partial charge in [0.1, 0.15) is 49.1 Å². The first kappa shape index (κ1) is 31.9. The second-order valence-corrected chi connectivity index (χ2v) is 14.2. The number of hydrogen-bond acceptors (Lipinski definition) is 14. The predicted octanol–water partition coefficient (Wildman–Crippen LogP) is 1.33. The lowest BCUT2D eigenvalue weighted by Crippen LogP contribution is -2.28. The standard InChI is InChI=1S/C21H25F2N9O10P2S/c22-8-1-13(32-7-28-16-19(32)29-21(25)30-20(16)33)40-11(8)4-39-44(37,45)42-10-2-14(41-12(10)5-38-43(34,35)36)31-3-9(23)15-17(24)26-6-27-18(15)31/h3,6-8,10-14H,1-2,4-5H2,(H,37,45)(H2,24,26,27)(H2,34,35,36)(H3,25,29,30,33)/t8-,10?,11+,12+,13+,14+,44?/m0/s1. The van der Waals surface area contributed by atoms with Crippen LogP contribution in [0.25, 0.3) is 22.2 Å². The number of imidazole rings is 1. The number of phosphoric ester groups is 1. The fraction of sp³-hybridized carbons (Fsp3) is 0.476. The molecule has 6 heterocycles. The monoisotopic (exact) mass is 695 g/mol. The van der Waals surface area contributed by atoms with Crippen LogP contribution in [0.2, 0.25) is 0 Å². The average molecular weight is 695 g/mol. The molecule has 7 atom stereocenters. The maximum absolute atomic E-state index is 15.0. The van der Waals surface area contributed by atoms with E-state index in [2.05, 4.69) is 41.7 Å². The van der Waals surface area contributed by atoms with Crippen molar-refractivity contribution in [1.82, 2.24) is 34.1 Å². The molecule has 244 valence electrons. The van der Waals surface area contributed by atoms with Crippen molar-refractivity contribution in [3.63, 3.8) is 0 Å². The fourth-order valence-electron chi connectivity index (χ4n) is 5.12. The quantitative estimate of drug-likeness (QED) is 0.101. The Kier molecular flexibility index (Phi) is 8.48. The summed E-state index contributed by atoms with van der Waals surface area (Å²) in [6.45, 7) is -5.64. The molecule has 6 rings (SSSR count). The van der Waals surface area contributed by atoms with E-state index in [1.807, 2.05) is 0 Å². The van der Waals surface area contributed by atoms with Gasteiger partial charge >= 0.3 is 14.6 Å². The van der Waals surface area contributed by atoms with E-state index in [-0.39, 0.29) is 46.8 Å². The molecule has 24 heteroatoms. The van der Waals surface area contributed by atoms with Crippen molar-refractivity contribution in [2.75, 3.05) is 24.7 Å². The Balaban J connectivity index is 1.15. The second kappa shape index (κ2) is 12.0. The number of aromatic nitrogens is 7. The molecule has 0 spiro atoms. The second-order valence-electron chi connectivity index (χ2n) is 10.1. The molecule has 2 aliphatic rings. The van der Waals surface area contributed by atoms with E-state index in [1.54, 1.807) is 0 Å². The van der Waals surface area contributed by atoms with Crippen molar-refractivity contribution in [3.8, 4) is 0 Å². The van der Waals surface area contributed by atoms with Gasteiger partial charge in [-0.25, -0.2) is 32.9 Å². The number of nitrogen functional groups attached to an aromatic ring is 2. The summed E-state index contributed by atoms with van der Waals surface area (Å²) in [6.07, 6.45) is -4.32. The number of nitrogens with two attached hydrogens (primary N) is 2. The molecule has 2 unspecified atom stereocenters. The number of anilines is 2. The van der Waals surface area contributed by atoms with Crippen molar-refractivity contribution in [2.45, 2.75) is 49.8 Å². The van der Waals surface area contributed by atoms with Crippen LogP contribution in [-0.2, 0) is 32.2 Å². The highest BCUT2D eigenvalue weighted by molar-refractivity contribution is 8.44. The lowest BCUT2D eigenvalue weighted by molar-refractivity contribution is -0.0440. The molecule has 2 aliphatic heterocycles. The van der Waals surface area contributed by atoms with Gasteiger partial charge in [-0.15, -0.1) is 0 Å². The highest BCUT2D eigenvalue weighted by atomic mass is 32.7. The Labute approximate surface area is 255 Å². The lowest BCUT2D eigenvalue weighted by atomic mass is 10.2. The number of phosphoric acid groups is 1. The predicted molar refractivity (Wildman–Crippen MR) is 152 cm³/mol. The van der Waals surface area contributed by atoms with Gasteiger partial charge in [0.05, 0.1) is 24.9 Å². The van der Waals surface area contributed by atoms with Gasteiger partial charge in [-0.05, 0) is 0 Å². The number of aromatic amines is 1. The van der Waals surface area contributed by atoms with Gasteiger partial charge in [0.2, 0.25) is 5.95 Å². The molecule has 0 saturated carbocycles. The van der Waals surface area contributed by atoms with Gasteiger partial charge in [-0.2, -0.15) is 4.98 Å².